The van der Waals surface area contributed by atoms with Crippen molar-refractivity contribution in [1.29, 1.82) is 0 Å². The summed E-state index contributed by atoms with van der Waals surface area (Å²) in [6.45, 7) is 2.12. The van der Waals surface area contributed by atoms with Crippen molar-refractivity contribution in [3.05, 3.63) is 57.7 Å². The van der Waals surface area contributed by atoms with E-state index in [9.17, 15) is 13.2 Å². The fraction of sp³-hybridized carbons (Fsp3) is 0.143. The molecule has 0 radical (unpaired) electrons. The molecule has 0 fully saturated rings. The second-order valence-corrected chi connectivity index (χ2v) is 6.85. The van der Waals surface area contributed by atoms with E-state index in [1.165, 1.54) is 20.3 Å². The Bertz CT molecular complexity index is 743. The lowest BCUT2D eigenvalue weighted by atomic mass is 10.0. The summed E-state index contributed by atoms with van der Waals surface area (Å²) in [5, 5.41) is 0. The van der Waals surface area contributed by atoms with Gasteiger partial charge in [-0.05, 0) is 46.7 Å². The second kappa shape index (κ2) is 7.42. The summed E-state index contributed by atoms with van der Waals surface area (Å²) in [4.78, 5) is 0. The molecule has 22 heavy (non-hydrogen) atoms. The average molecular weight is 444 g/mol. The number of hydrogen-bond donors (Lipinski definition) is 1. The average Bonchev–Trinajstić information content (AvgIpc) is 2.37. The Hall–Kier alpha value is -1.13. The summed E-state index contributed by atoms with van der Waals surface area (Å²) in [7, 11) is -5.84. The lowest BCUT2D eigenvalue weighted by Crippen LogP contribution is -2.21. The second-order valence-electron chi connectivity index (χ2n) is 4.27. The number of hydrogen-bond acceptors (Lipinski definition) is 2. The van der Waals surface area contributed by atoms with Gasteiger partial charge in [0.25, 0.3) is 0 Å². The minimum absolute atomic E-state index is 1.30. The van der Waals surface area contributed by atoms with Crippen molar-refractivity contribution < 1.29 is 26.1 Å². The lowest BCUT2D eigenvalue weighted by molar-refractivity contribution is -0.0510. The Balaban J connectivity index is 0.000000261. The molecule has 120 valence electrons. The summed E-state index contributed by atoms with van der Waals surface area (Å²) < 4.78 is 58.8. The SMILES string of the molecule is Cc1cccc(-c2ccccc2I)c1.O=S(=O)(O)C(F)(F)F. The fourth-order valence-corrected chi connectivity index (χ4v) is 2.21. The first kappa shape index (κ1) is 18.9. The summed E-state index contributed by atoms with van der Waals surface area (Å²) in [6, 6.07) is 17.1. The summed E-state index contributed by atoms with van der Waals surface area (Å²) in [6.07, 6.45) is 0. The number of aryl methyl sites for hydroxylation is 1. The molecule has 0 bridgehead atoms. The van der Waals surface area contributed by atoms with Gasteiger partial charge >= 0.3 is 15.6 Å². The Labute approximate surface area is 140 Å². The number of benzene rings is 2. The zero-order chi connectivity index (χ0) is 17.0. The molecular weight excluding hydrogens is 432 g/mol. The number of alkyl halides is 3. The van der Waals surface area contributed by atoms with Gasteiger partial charge in [0.2, 0.25) is 0 Å². The predicted octanol–water partition coefficient (Wildman–Crippen LogP) is 4.66. The molecule has 0 aliphatic heterocycles. The third kappa shape index (κ3) is 5.58. The zero-order valence-electron chi connectivity index (χ0n) is 11.3. The monoisotopic (exact) mass is 444 g/mol. The van der Waals surface area contributed by atoms with E-state index in [1.54, 1.807) is 0 Å². The largest absolute Gasteiger partial charge is 0.522 e. The zero-order valence-corrected chi connectivity index (χ0v) is 14.3. The Kier molecular flexibility index (Phi) is 6.38. The number of rotatable bonds is 1. The standard InChI is InChI=1S/C13H11I.CHF3O3S/c1-10-5-4-6-11(9-10)12-7-2-3-8-13(12)14;2-1(3,4)8(5,6)7/h2-9H,1H3;(H,5,6,7). The van der Waals surface area contributed by atoms with Gasteiger partial charge in [-0.25, -0.2) is 0 Å². The van der Waals surface area contributed by atoms with Crippen LogP contribution >= 0.6 is 22.6 Å². The van der Waals surface area contributed by atoms with Crippen LogP contribution in [-0.2, 0) is 10.1 Å². The van der Waals surface area contributed by atoms with E-state index in [2.05, 4.69) is 78.0 Å². The molecule has 0 aliphatic carbocycles. The Morgan fingerprint density at radius 2 is 1.59 bits per heavy atom. The topological polar surface area (TPSA) is 54.4 Å². The molecule has 2 aromatic carbocycles. The molecule has 0 saturated heterocycles. The highest BCUT2D eigenvalue weighted by Gasteiger charge is 2.44. The van der Waals surface area contributed by atoms with E-state index in [-0.39, 0.29) is 0 Å². The van der Waals surface area contributed by atoms with Gasteiger partial charge < -0.3 is 0 Å². The molecule has 3 nitrogen and oxygen atoms in total. The summed E-state index contributed by atoms with van der Waals surface area (Å²) >= 11 is 2.38. The van der Waals surface area contributed by atoms with Gasteiger partial charge in [-0.2, -0.15) is 21.6 Å². The van der Waals surface area contributed by atoms with Crippen LogP contribution in [0.1, 0.15) is 5.56 Å². The summed E-state index contributed by atoms with van der Waals surface area (Å²) in [5.41, 5.74) is -1.61. The minimum Gasteiger partial charge on any atom is -0.279 e. The molecule has 2 aromatic rings. The molecule has 0 aromatic heterocycles. The lowest BCUT2D eigenvalue weighted by Gasteiger charge is -2.04. The molecule has 0 unspecified atom stereocenters. The fourth-order valence-electron chi connectivity index (χ4n) is 1.51. The molecule has 0 saturated carbocycles. The molecule has 0 amide bonds. The van der Waals surface area contributed by atoms with Gasteiger partial charge in [0, 0.05) is 3.57 Å². The van der Waals surface area contributed by atoms with Crippen molar-refractivity contribution in [2.24, 2.45) is 0 Å². The van der Waals surface area contributed by atoms with Crippen LogP contribution in [0.3, 0.4) is 0 Å². The van der Waals surface area contributed by atoms with Gasteiger partial charge in [0.1, 0.15) is 0 Å². The van der Waals surface area contributed by atoms with Crippen molar-refractivity contribution in [3.63, 3.8) is 0 Å². The van der Waals surface area contributed by atoms with Crippen LogP contribution in [0.25, 0.3) is 11.1 Å². The van der Waals surface area contributed by atoms with Crippen molar-refractivity contribution >= 4 is 32.7 Å². The normalized spacial score (nSPS) is 11.5. The van der Waals surface area contributed by atoms with Gasteiger partial charge in [0.05, 0.1) is 0 Å². The summed E-state index contributed by atoms with van der Waals surface area (Å²) in [5.74, 6) is 0. The van der Waals surface area contributed by atoms with Crippen molar-refractivity contribution in [3.8, 4) is 11.1 Å². The maximum absolute atomic E-state index is 10.7. The van der Waals surface area contributed by atoms with Crippen LogP contribution in [0, 0.1) is 10.5 Å². The quantitative estimate of drug-likeness (QED) is 0.396. The van der Waals surface area contributed by atoms with E-state index in [1.807, 2.05) is 0 Å². The van der Waals surface area contributed by atoms with Crippen molar-refractivity contribution in [1.82, 2.24) is 0 Å². The van der Waals surface area contributed by atoms with Crippen LogP contribution in [0.4, 0.5) is 13.2 Å². The first-order valence-electron chi connectivity index (χ1n) is 5.87. The molecular formula is C14H12F3IO3S. The van der Waals surface area contributed by atoms with E-state index in [0.717, 1.165) is 0 Å². The highest BCUT2D eigenvalue weighted by atomic mass is 127. The van der Waals surface area contributed by atoms with Gasteiger partial charge in [-0.3, -0.25) is 4.55 Å². The molecule has 2 rings (SSSR count). The molecule has 0 heterocycles. The number of halogens is 4. The Morgan fingerprint density at radius 1 is 1.05 bits per heavy atom. The third-order valence-electron chi connectivity index (χ3n) is 2.50. The maximum Gasteiger partial charge on any atom is 0.522 e. The van der Waals surface area contributed by atoms with Gasteiger partial charge in [-0.1, -0.05) is 48.0 Å². The van der Waals surface area contributed by atoms with E-state index in [0.29, 0.717) is 0 Å². The molecule has 8 heteroatoms. The van der Waals surface area contributed by atoms with Crippen molar-refractivity contribution in [2.75, 3.05) is 0 Å². The van der Waals surface area contributed by atoms with E-state index < -0.39 is 15.6 Å². The van der Waals surface area contributed by atoms with Crippen molar-refractivity contribution in [2.45, 2.75) is 12.4 Å². The highest BCUT2D eigenvalue weighted by molar-refractivity contribution is 14.1. The molecule has 0 aliphatic rings. The predicted molar refractivity (Wildman–Crippen MR) is 86.9 cm³/mol. The highest BCUT2D eigenvalue weighted by Crippen LogP contribution is 2.25. The van der Waals surface area contributed by atoms with Crippen LogP contribution in [0.15, 0.2) is 48.5 Å². The van der Waals surface area contributed by atoms with Crippen LogP contribution in [0.2, 0.25) is 0 Å². The smallest absolute Gasteiger partial charge is 0.279 e. The minimum atomic E-state index is -5.84. The van der Waals surface area contributed by atoms with Crippen LogP contribution in [0.5, 0.6) is 0 Å². The Morgan fingerprint density at radius 3 is 2.05 bits per heavy atom. The third-order valence-corrected chi connectivity index (χ3v) is 4.02. The maximum atomic E-state index is 10.7. The van der Waals surface area contributed by atoms with E-state index >= 15 is 0 Å². The first-order chi connectivity index (χ1) is 10.0. The van der Waals surface area contributed by atoms with Crippen LogP contribution in [-0.4, -0.2) is 18.5 Å². The van der Waals surface area contributed by atoms with Gasteiger partial charge in [-0.15, -0.1) is 0 Å². The molecule has 1 N–H and O–H groups in total. The molecule has 0 spiro atoms. The van der Waals surface area contributed by atoms with Gasteiger partial charge in [0.15, 0.2) is 0 Å². The van der Waals surface area contributed by atoms with Crippen LogP contribution < -0.4 is 0 Å². The molecule has 0 atom stereocenters. The van der Waals surface area contributed by atoms with E-state index in [4.69, 9.17) is 13.0 Å². The first-order valence-corrected chi connectivity index (χ1v) is 8.39.